The standard InChI is InChI=1S/C21H29N5O9/c1-10(2)17(28)32-9-21(24-25-22)15(34-19(30)12(5)6)14(33-18(29)11(3)4)16(35-21)26-8-7-13(27)23-20(26)31/h7-8,10-12,14-16H,9H2,1-6H3,(H,23,27,31)/t14-,15+,16-,21-/m1/s1. The first-order chi connectivity index (χ1) is 16.3. The molecule has 2 heterocycles. The molecular formula is C21H29N5O9. The van der Waals surface area contributed by atoms with Crippen LogP contribution in [0.15, 0.2) is 27.0 Å². The average Bonchev–Trinajstić information content (AvgIpc) is 3.05. The third-order valence-electron chi connectivity index (χ3n) is 5.02. The van der Waals surface area contributed by atoms with Crippen molar-refractivity contribution in [2.75, 3.05) is 6.61 Å². The van der Waals surface area contributed by atoms with Gasteiger partial charge in [-0.2, -0.15) is 0 Å². The molecule has 1 saturated heterocycles. The number of aromatic nitrogens is 2. The fourth-order valence-corrected chi connectivity index (χ4v) is 3.05. The molecule has 14 heteroatoms. The third kappa shape index (κ3) is 6.28. The van der Waals surface area contributed by atoms with Crippen LogP contribution in [0.5, 0.6) is 0 Å². The summed E-state index contributed by atoms with van der Waals surface area (Å²) < 4.78 is 23.1. The molecule has 0 spiro atoms. The average molecular weight is 495 g/mol. The Morgan fingerprint density at radius 2 is 1.66 bits per heavy atom. The Labute approximate surface area is 200 Å². The summed E-state index contributed by atoms with van der Waals surface area (Å²) in [5.41, 5.74) is 5.47. The van der Waals surface area contributed by atoms with Gasteiger partial charge in [-0.25, -0.2) is 4.79 Å². The van der Waals surface area contributed by atoms with Crippen molar-refractivity contribution < 1.29 is 33.3 Å². The number of carbonyl (C=O) groups is 3. The molecule has 0 aliphatic carbocycles. The molecule has 0 amide bonds. The monoisotopic (exact) mass is 495 g/mol. The van der Waals surface area contributed by atoms with Crippen molar-refractivity contribution in [1.82, 2.24) is 9.55 Å². The van der Waals surface area contributed by atoms with Crippen LogP contribution < -0.4 is 11.2 Å². The molecule has 1 aromatic rings. The van der Waals surface area contributed by atoms with E-state index in [4.69, 9.17) is 18.9 Å². The smallest absolute Gasteiger partial charge is 0.330 e. The zero-order valence-corrected chi connectivity index (χ0v) is 20.3. The van der Waals surface area contributed by atoms with E-state index in [9.17, 15) is 29.5 Å². The minimum absolute atomic E-state index is 0.552. The van der Waals surface area contributed by atoms with E-state index >= 15 is 0 Å². The molecule has 4 atom stereocenters. The van der Waals surface area contributed by atoms with Gasteiger partial charge in [0.25, 0.3) is 5.56 Å². The largest absolute Gasteiger partial charge is 0.462 e. The van der Waals surface area contributed by atoms with Crippen LogP contribution >= 0.6 is 0 Å². The minimum atomic E-state index is -2.20. The molecule has 14 nitrogen and oxygen atoms in total. The summed E-state index contributed by atoms with van der Waals surface area (Å²) in [6.07, 6.45) is -3.56. The van der Waals surface area contributed by atoms with Gasteiger partial charge in [-0.15, -0.1) is 0 Å². The summed E-state index contributed by atoms with van der Waals surface area (Å²) in [6, 6.07) is 1.02. The lowest BCUT2D eigenvalue weighted by Gasteiger charge is -2.30. The fourth-order valence-electron chi connectivity index (χ4n) is 3.05. The van der Waals surface area contributed by atoms with Gasteiger partial charge in [0.1, 0.15) is 6.61 Å². The maximum atomic E-state index is 12.6. The maximum absolute atomic E-state index is 12.6. The molecule has 0 bridgehead atoms. The Bertz CT molecular complexity index is 1120. The van der Waals surface area contributed by atoms with Gasteiger partial charge in [0.15, 0.2) is 18.4 Å². The van der Waals surface area contributed by atoms with Crippen LogP contribution in [0.4, 0.5) is 0 Å². The second kappa shape index (κ2) is 11.2. The van der Waals surface area contributed by atoms with Gasteiger partial charge < -0.3 is 18.9 Å². The van der Waals surface area contributed by atoms with Crippen LogP contribution in [0.3, 0.4) is 0 Å². The van der Waals surface area contributed by atoms with E-state index in [-0.39, 0.29) is 0 Å². The number of rotatable bonds is 9. The van der Waals surface area contributed by atoms with Crippen molar-refractivity contribution in [3.05, 3.63) is 43.5 Å². The number of H-pyrrole nitrogens is 1. The summed E-state index contributed by atoms with van der Waals surface area (Å²) in [4.78, 5) is 66.2. The van der Waals surface area contributed by atoms with Gasteiger partial charge in [-0.1, -0.05) is 46.7 Å². The van der Waals surface area contributed by atoms with Gasteiger partial charge in [-0.3, -0.25) is 28.7 Å². The van der Waals surface area contributed by atoms with Crippen LogP contribution in [0.2, 0.25) is 0 Å². The molecular weight excluding hydrogens is 466 g/mol. The molecule has 1 aliphatic heterocycles. The number of ether oxygens (including phenoxy) is 4. The highest BCUT2D eigenvalue weighted by Crippen LogP contribution is 2.42. The molecule has 0 aromatic carbocycles. The highest BCUT2D eigenvalue weighted by molar-refractivity contribution is 5.73. The van der Waals surface area contributed by atoms with Gasteiger partial charge in [-0.05, 0) is 5.53 Å². The lowest BCUT2D eigenvalue weighted by molar-refractivity contribution is -0.182. The van der Waals surface area contributed by atoms with Crippen molar-refractivity contribution in [2.45, 2.75) is 65.7 Å². The Balaban J connectivity index is 2.70. The second-order valence-electron chi connectivity index (χ2n) is 8.89. The third-order valence-corrected chi connectivity index (χ3v) is 5.02. The van der Waals surface area contributed by atoms with Crippen molar-refractivity contribution in [1.29, 1.82) is 0 Å². The zero-order chi connectivity index (χ0) is 26.5. The molecule has 1 fully saturated rings. The van der Waals surface area contributed by atoms with Crippen LogP contribution in [-0.4, -0.2) is 52.0 Å². The number of hydrogen-bond donors (Lipinski definition) is 1. The molecule has 2 rings (SSSR count). The predicted molar refractivity (Wildman–Crippen MR) is 119 cm³/mol. The molecule has 1 aromatic heterocycles. The van der Waals surface area contributed by atoms with E-state index < -0.39 is 77.7 Å². The number of nitrogens with zero attached hydrogens (tertiary/aromatic N) is 4. The summed E-state index contributed by atoms with van der Waals surface area (Å²) in [5.74, 6) is -3.99. The summed E-state index contributed by atoms with van der Waals surface area (Å²) in [7, 11) is 0. The van der Waals surface area contributed by atoms with E-state index in [1.54, 1.807) is 41.5 Å². The van der Waals surface area contributed by atoms with E-state index in [0.717, 1.165) is 16.8 Å². The van der Waals surface area contributed by atoms with Crippen molar-refractivity contribution >= 4 is 17.9 Å². The van der Waals surface area contributed by atoms with Crippen molar-refractivity contribution in [3.8, 4) is 0 Å². The first kappa shape index (κ1) is 27.6. The number of carbonyl (C=O) groups excluding carboxylic acids is 3. The highest BCUT2D eigenvalue weighted by Gasteiger charge is 2.61. The van der Waals surface area contributed by atoms with E-state index in [1.165, 1.54) is 0 Å². The molecule has 0 radical (unpaired) electrons. The molecule has 1 aliphatic rings. The number of esters is 3. The SMILES string of the molecule is CC(C)C(=O)OC[C@@]1(N=[N+]=[N-])O[C@@H](n2ccc(=O)[nH]c2=O)[C@H](OC(=O)C(C)C)[C@@H]1OC(=O)C(C)C. The Hall–Kier alpha value is -3.64. The number of azide groups is 1. The van der Waals surface area contributed by atoms with Crippen molar-refractivity contribution in [2.24, 2.45) is 22.9 Å². The number of aromatic amines is 1. The van der Waals surface area contributed by atoms with Gasteiger partial charge in [0.2, 0.25) is 5.72 Å². The predicted octanol–water partition coefficient (Wildman–Crippen LogP) is 1.41. The number of nitrogens with one attached hydrogen (secondary N) is 1. The molecule has 0 unspecified atom stereocenters. The van der Waals surface area contributed by atoms with Gasteiger partial charge in [0, 0.05) is 17.2 Å². The quantitative estimate of drug-likeness (QED) is 0.173. The van der Waals surface area contributed by atoms with E-state index in [2.05, 4.69) is 10.0 Å². The van der Waals surface area contributed by atoms with Gasteiger partial charge in [0.05, 0.1) is 17.8 Å². The minimum Gasteiger partial charge on any atom is -0.462 e. The van der Waals surface area contributed by atoms with E-state index in [1.807, 2.05) is 4.98 Å². The fraction of sp³-hybridized carbons (Fsp3) is 0.667. The van der Waals surface area contributed by atoms with Crippen LogP contribution in [0.1, 0.15) is 47.8 Å². The number of hydrogen-bond acceptors (Lipinski definition) is 10. The first-order valence-corrected chi connectivity index (χ1v) is 11.0. The maximum Gasteiger partial charge on any atom is 0.330 e. The highest BCUT2D eigenvalue weighted by atomic mass is 16.7. The van der Waals surface area contributed by atoms with Crippen LogP contribution in [0, 0.1) is 17.8 Å². The molecule has 1 N–H and O–H groups in total. The molecule has 0 saturated carbocycles. The Morgan fingerprint density at radius 1 is 1.09 bits per heavy atom. The topological polar surface area (TPSA) is 192 Å². The summed E-state index contributed by atoms with van der Waals surface area (Å²) in [5, 5.41) is 3.63. The first-order valence-electron chi connectivity index (χ1n) is 11.0. The van der Waals surface area contributed by atoms with E-state index in [0.29, 0.717) is 0 Å². The lowest BCUT2D eigenvalue weighted by atomic mass is 10.0. The second-order valence-corrected chi connectivity index (χ2v) is 8.89. The van der Waals surface area contributed by atoms with Gasteiger partial charge >= 0.3 is 23.6 Å². The van der Waals surface area contributed by atoms with Crippen molar-refractivity contribution in [3.63, 3.8) is 0 Å². The Morgan fingerprint density at radius 3 is 2.17 bits per heavy atom. The van der Waals surface area contributed by atoms with Crippen LogP contribution in [0.25, 0.3) is 10.4 Å². The molecule has 192 valence electrons. The molecule has 35 heavy (non-hydrogen) atoms. The lowest BCUT2D eigenvalue weighted by Crippen LogP contribution is -2.50. The van der Waals surface area contributed by atoms with Crippen LogP contribution in [-0.2, 0) is 33.3 Å². The summed E-state index contributed by atoms with van der Waals surface area (Å²) in [6.45, 7) is 8.64. The normalized spacial score (nSPS) is 23.7. The summed E-state index contributed by atoms with van der Waals surface area (Å²) >= 11 is 0. The Kier molecular flexibility index (Phi) is 8.83. The zero-order valence-electron chi connectivity index (χ0n) is 20.3.